The molecule has 1 rings (SSSR count). The SMILES string of the molecule is CCC[C@@H](O)[C@@H](N)c1cccc(C(F)(F)F)c1.Cl. The molecule has 0 radical (unpaired) electrons. The van der Waals surface area contributed by atoms with Crippen LogP contribution in [0.1, 0.15) is 36.9 Å². The Labute approximate surface area is 110 Å². The fourth-order valence-electron chi connectivity index (χ4n) is 1.62. The monoisotopic (exact) mass is 283 g/mol. The van der Waals surface area contributed by atoms with Crippen molar-refractivity contribution in [3.05, 3.63) is 35.4 Å². The number of nitrogens with two attached hydrogens (primary N) is 1. The molecule has 0 bridgehead atoms. The fraction of sp³-hybridized carbons (Fsp3) is 0.500. The Morgan fingerprint density at radius 1 is 1.33 bits per heavy atom. The van der Waals surface area contributed by atoms with Gasteiger partial charge in [-0.3, -0.25) is 0 Å². The van der Waals surface area contributed by atoms with Gasteiger partial charge in [-0.05, 0) is 24.1 Å². The summed E-state index contributed by atoms with van der Waals surface area (Å²) in [5.74, 6) is 0. The van der Waals surface area contributed by atoms with E-state index in [-0.39, 0.29) is 12.4 Å². The van der Waals surface area contributed by atoms with Crippen LogP contribution in [-0.2, 0) is 6.18 Å². The Kier molecular flexibility index (Phi) is 6.67. The van der Waals surface area contributed by atoms with Gasteiger partial charge < -0.3 is 10.8 Å². The molecular formula is C12H17ClF3NO. The van der Waals surface area contributed by atoms with Crippen molar-refractivity contribution < 1.29 is 18.3 Å². The summed E-state index contributed by atoms with van der Waals surface area (Å²) in [5.41, 5.74) is 5.28. The van der Waals surface area contributed by atoms with Crippen LogP contribution in [0.5, 0.6) is 0 Å². The van der Waals surface area contributed by atoms with E-state index >= 15 is 0 Å². The van der Waals surface area contributed by atoms with E-state index in [1.807, 2.05) is 6.92 Å². The lowest BCUT2D eigenvalue weighted by atomic mass is 9.97. The average Bonchev–Trinajstić information content (AvgIpc) is 2.27. The maximum Gasteiger partial charge on any atom is 0.416 e. The first-order chi connectivity index (χ1) is 7.86. The predicted molar refractivity (Wildman–Crippen MR) is 66.5 cm³/mol. The van der Waals surface area contributed by atoms with Gasteiger partial charge in [0.25, 0.3) is 0 Å². The van der Waals surface area contributed by atoms with E-state index in [1.165, 1.54) is 12.1 Å². The lowest BCUT2D eigenvalue weighted by Gasteiger charge is -2.19. The van der Waals surface area contributed by atoms with Crippen LogP contribution in [0.15, 0.2) is 24.3 Å². The molecule has 0 spiro atoms. The van der Waals surface area contributed by atoms with Crippen molar-refractivity contribution in [3.8, 4) is 0 Å². The molecule has 2 atom stereocenters. The van der Waals surface area contributed by atoms with Crippen LogP contribution in [0.2, 0.25) is 0 Å². The Bertz CT molecular complexity index is 371. The van der Waals surface area contributed by atoms with Crippen molar-refractivity contribution in [2.45, 2.75) is 38.1 Å². The van der Waals surface area contributed by atoms with E-state index in [4.69, 9.17) is 5.73 Å². The average molecular weight is 284 g/mol. The standard InChI is InChI=1S/C12H16F3NO.ClH/c1-2-4-10(17)11(16)8-5-3-6-9(7-8)12(13,14)15;/h3,5-7,10-11,17H,2,4,16H2,1H3;1H/t10-,11+;/m1./s1. The van der Waals surface area contributed by atoms with Crippen molar-refractivity contribution in [2.24, 2.45) is 5.73 Å². The second-order valence-electron chi connectivity index (χ2n) is 4.01. The van der Waals surface area contributed by atoms with Gasteiger partial charge >= 0.3 is 6.18 Å². The van der Waals surface area contributed by atoms with Crippen LogP contribution in [0.3, 0.4) is 0 Å². The Morgan fingerprint density at radius 2 is 1.94 bits per heavy atom. The third kappa shape index (κ3) is 4.48. The molecule has 1 aromatic carbocycles. The molecule has 2 nitrogen and oxygen atoms in total. The summed E-state index contributed by atoms with van der Waals surface area (Å²) < 4.78 is 37.4. The molecule has 0 saturated carbocycles. The largest absolute Gasteiger partial charge is 0.416 e. The summed E-state index contributed by atoms with van der Waals surface area (Å²) in [5, 5.41) is 9.66. The number of rotatable bonds is 4. The molecule has 0 aliphatic carbocycles. The second-order valence-corrected chi connectivity index (χ2v) is 4.01. The molecule has 0 fully saturated rings. The highest BCUT2D eigenvalue weighted by atomic mass is 35.5. The predicted octanol–water partition coefficient (Wildman–Crippen LogP) is 3.29. The zero-order valence-electron chi connectivity index (χ0n) is 9.95. The Balaban J connectivity index is 0.00000289. The number of benzene rings is 1. The van der Waals surface area contributed by atoms with Gasteiger partial charge in [-0.1, -0.05) is 25.5 Å². The highest BCUT2D eigenvalue weighted by Gasteiger charge is 2.31. The third-order valence-electron chi connectivity index (χ3n) is 2.60. The summed E-state index contributed by atoms with van der Waals surface area (Å²) >= 11 is 0. The number of alkyl halides is 3. The molecule has 0 aliphatic heterocycles. The van der Waals surface area contributed by atoms with E-state index < -0.39 is 23.9 Å². The third-order valence-corrected chi connectivity index (χ3v) is 2.60. The molecule has 0 aromatic heterocycles. The smallest absolute Gasteiger partial charge is 0.391 e. The minimum Gasteiger partial charge on any atom is -0.391 e. The summed E-state index contributed by atoms with van der Waals surface area (Å²) in [6.07, 6.45) is -4.00. The molecule has 6 heteroatoms. The zero-order chi connectivity index (χ0) is 13.1. The first kappa shape index (κ1) is 17.2. The van der Waals surface area contributed by atoms with Gasteiger partial charge in [0.05, 0.1) is 17.7 Å². The lowest BCUT2D eigenvalue weighted by molar-refractivity contribution is -0.137. The number of aliphatic hydroxyl groups is 1. The molecule has 0 aliphatic rings. The molecule has 0 amide bonds. The summed E-state index contributed by atoms with van der Waals surface area (Å²) in [6.45, 7) is 1.88. The second kappa shape index (κ2) is 6.97. The van der Waals surface area contributed by atoms with Gasteiger partial charge in [-0.25, -0.2) is 0 Å². The van der Waals surface area contributed by atoms with Gasteiger partial charge in [0, 0.05) is 0 Å². The van der Waals surface area contributed by atoms with Crippen LogP contribution >= 0.6 is 12.4 Å². The zero-order valence-corrected chi connectivity index (χ0v) is 10.8. The molecule has 0 saturated heterocycles. The molecule has 0 unspecified atom stereocenters. The molecule has 1 aromatic rings. The number of hydrogen-bond acceptors (Lipinski definition) is 2. The Hall–Kier alpha value is -0.780. The fourth-order valence-corrected chi connectivity index (χ4v) is 1.62. The van der Waals surface area contributed by atoms with Crippen molar-refractivity contribution in [1.29, 1.82) is 0 Å². The van der Waals surface area contributed by atoms with Crippen LogP contribution in [0.4, 0.5) is 13.2 Å². The van der Waals surface area contributed by atoms with Crippen LogP contribution in [0.25, 0.3) is 0 Å². The topological polar surface area (TPSA) is 46.2 Å². The molecule has 104 valence electrons. The van der Waals surface area contributed by atoms with E-state index in [0.717, 1.165) is 18.6 Å². The first-order valence-corrected chi connectivity index (χ1v) is 5.47. The lowest BCUT2D eigenvalue weighted by Crippen LogP contribution is -2.26. The quantitative estimate of drug-likeness (QED) is 0.891. The summed E-state index contributed by atoms with van der Waals surface area (Å²) in [6, 6.07) is 4.00. The highest BCUT2D eigenvalue weighted by molar-refractivity contribution is 5.85. The van der Waals surface area contributed by atoms with Gasteiger partial charge in [0.2, 0.25) is 0 Å². The maximum absolute atomic E-state index is 12.5. The minimum atomic E-state index is -4.38. The molecule has 0 heterocycles. The molecule has 3 N–H and O–H groups in total. The molecular weight excluding hydrogens is 267 g/mol. The maximum atomic E-state index is 12.5. The first-order valence-electron chi connectivity index (χ1n) is 5.47. The van der Waals surface area contributed by atoms with E-state index in [2.05, 4.69) is 0 Å². The van der Waals surface area contributed by atoms with Crippen molar-refractivity contribution in [1.82, 2.24) is 0 Å². The van der Waals surface area contributed by atoms with Crippen molar-refractivity contribution in [3.63, 3.8) is 0 Å². The van der Waals surface area contributed by atoms with Crippen LogP contribution < -0.4 is 5.73 Å². The van der Waals surface area contributed by atoms with Gasteiger partial charge in [0.1, 0.15) is 0 Å². The normalized spacial score (nSPS) is 14.8. The van der Waals surface area contributed by atoms with Crippen molar-refractivity contribution in [2.75, 3.05) is 0 Å². The van der Waals surface area contributed by atoms with E-state index in [0.29, 0.717) is 12.0 Å². The van der Waals surface area contributed by atoms with E-state index in [9.17, 15) is 18.3 Å². The highest BCUT2D eigenvalue weighted by Crippen LogP contribution is 2.31. The summed E-state index contributed by atoms with van der Waals surface area (Å²) in [7, 11) is 0. The van der Waals surface area contributed by atoms with E-state index in [1.54, 1.807) is 0 Å². The van der Waals surface area contributed by atoms with Gasteiger partial charge in [0.15, 0.2) is 0 Å². The van der Waals surface area contributed by atoms with Gasteiger partial charge in [-0.15, -0.1) is 12.4 Å². The molecule has 18 heavy (non-hydrogen) atoms. The minimum absolute atomic E-state index is 0. The Morgan fingerprint density at radius 3 is 2.44 bits per heavy atom. The van der Waals surface area contributed by atoms with Crippen LogP contribution in [0, 0.1) is 0 Å². The van der Waals surface area contributed by atoms with Crippen molar-refractivity contribution >= 4 is 12.4 Å². The number of hydrogen-bond donors (Lipinski definition) is 2. The number of aliphatic hydroxyl groups excluding tert-OH is 1. The van der Waals surface area contributed by atoms with Gasteiger partial charge in [-0.2, -0.15) is 13.2 Å². The van der Waals surface area contributed by atoms with Crippen LogP contribution in [-0.4, -0.2) is 11.2 Å². The number of halogens is 4. The summed E-state index contributed by atoms with van der Waals surface area (Å²) in [4.78, 5) is 0.